The molecule has 0 aliphatic carbocycles. The maximum absolute atomic E-state index is 11.7. The molecule has 1 unspecified atom stereocenters. The van der Waals surface area contributed by atoms with E-state index in [-0.39, 0.29) is 35.9 Å². The van der Waals surface area contributed by atoms with Gasteiger partial charge in [0.05, 0.1) is 5.01 Å². The lowest BCUT2D eigenvalue weighted by Gasteiger charge is -2.13. The topological polar surface area (TPSA) is 78.4 Å². The minimum absolute atomic E-state index is 0. The van der Waals surface area contributed by atoms with Crippen molar-refractivity contribution in [2.24, 2.45) is 4.99 Å². The van der Waals surface area contributed by atoms with Gasteiger partial charge in [-0.1, -0.05) is 6.92 Å². The van der Waals surface area contributed by atoms with Gasteiger partial charge >= 0.3 is 0 Å². The molecule has 0 fully saturated rings. The first kappa shape index (κ1) is 23.1. The summed E-state index contributed by atoms with van der Waals surface area (Å²) in [6, 6.07) is 0.228. The molecule has 3 N–H and O–H groups in total. The van der Waals surface area contributed by atoms with Crippen molar-refractivity contribution in [3.05, 3.63) is 16.1 Å². The highest BCUT2D eigenvalue weighted by Crippen LogP contribution is 2.11. The number of guanidine groups is 1. The fourth-order valence-electron chi connectivity index (χ4n) is 1.87. The van der Waals surface area contributed by atoms with Crippen LogP contribution in [0.5, 0.6) is 0 Å². The molecule has 0 saturated heterocycles. The standard InChI is InChI=1S/C16H29N5OS.HI/c1-5-12(3)21-14(22)7-9-18-16(17-6-2)19-10-8-15-20-11-13(4)23-15;/h11-12H,5-10H2,1-4H3,(H,21,22)(H2,17,18,19);1H. The Hall–Kier alpha value is -0.900. The van der Waals surface area contributed by atoms with E-state index in [0.29, 0.717) is 19.5 Å². The number of carbonyl (C=O) groups excluding carboxylic acids is 1. The third-order valence-corrected chi connectivity index (χ3v) is 4.25. The second-order valence-corrected chi connectivity index (χ2v) is 6.75. The van der Waals surface area contributed by atoms with Crippen LogP contribution in [-0.2, 0) is 11.2 Å². The summed E-state index contributed by atoms with van der Waals surface area (Å²) in [4.78, 5) is 21.8. The fourth-order valence-corrected chi connectivity index (χ4v) is 2.64. The molecule has 0 spiro atoms. The van der Waals surface area contributed by atoms with E-state index < -0.39 is 0 Å². The van der Waals surface area contributed by atoms with Gasteiger partial charge < -0.3 is 16.0 Å². The molecule has 8 heteroatoms. The van der Waals surface area contributed by atoms with E-state index in [9.17, 15) is 4.79 Å². The molecule has 1 amide bonds. The molecule has 1 heterocycles. The van der Waals surface area contributed by atoms with E-state index in [1.807, 2.05) is 20.0 Å². The zero-order valence-corrected chi connectivity index (χ0v) is 18.2. The molecule has 1 aromatic heterocycles. The van der Waals surface area contributed by atoms with E-state index in [1.165, 1.54) is 4.88 Å². The largest absolute Gasteiger partial charge is 0.357 e. The zero-order valence-electron chi connectivity index (χ0n) is 15.0. The van der Waals surface area contributed by atoms with Gasteiger partial charge in [-0.05, 0) is 27.2 Å². The SMILES string of the molecule is CCNC(=NCCc1ncc(C)s1)NCCC(=O)NC(C)CC.I. The van der Waals surface area contributed by atoms with Gasteiger partial charge in [-0.25, -0.2) is 4.98 Å². The first-order valence-corrected chi connectivity index (χ1v) is 9.09. The molecule has 0 bridgehead atoms. The second-order valence-electron chi connectivity index (χ2n) is 5.43. The van der Waals surface area contributed by atoms with Crippen molar-refractivity contribution in [1.29, 1.82) is 0 Å². The van der Waals surface area contributed by atoms with Gasteiger partial charge in [0.1, 0.15) is 0 Å². The minimum atomic E-state index is 0. The number of aliphatic imine (C=N–C) groups is 1. The van der Waals surface area contributed by atoms with Gasteiger partial charge in [0, 0.05) is 49.6 Å². The number of nitrogens with zero attached hydrogens (tertiary/aromatic N) is 2. The van der Waals surface area contributed by atoms with Crippen LogP contribution in [0.15, 0.2) is 11.2 Å². The molecule has 1 aromatic rings. The third kappa shape index (κ3) is 10.1. The molecule has 0 saturated carbocycles. The van der Waals surface area contributed by atoms with Crippen molar-refractivity contribution in [1.82, 2.24) is 20.9 Å². The number of hydrogen-bond donors (Lipinski definition) is 3. The Balaban J connectivity index is 0.00000529. The van der Waals surface area contributed by atoms with Crippen molar-refractivity contribution in [2.75, 3.05) is 19.6 Å². The maximum atomic E-state index is 11.7. The summed E-state index contributed by atoms with van der Waals surface area (Å²) in [6.45, 7) is 10.2. The second kappa shape index (κ2) is 13.4. The van der Waals surface area contributed by atoms with Crippen LogP contribution in [0.2, 0.25) is 0 Å². The molecule has 6 nitrogen and oxygen atoms in total. The molecule has 138 valence electrons. The number of amides is 1. The molecule has 0 aliphatic rings. The Morgan fingerprint density at radius 3 is 2.71 bits per heavy atom. The van der Waals surface area contributed by atoms with E-state index in [0.717, 1.165) is 30.4 Å². The Morgan fingerprint density at radius 1 is 1.38 bits per heavy atom. The van der Waals surface area contributed by atoms with Crippen LogP contribution in [0, 0.1) is 6.92 Å². The molecular weight excluding hydrogens is 437 g/mol. The highest BCUT2D eigenvalue weighted by Gasteiger charge is 2.06. The summed E-state index contributed by atoms with van der Waals surface area (Å²) in [6.07, 6.45) is 4.12. The Kier molecular flexibility index (Phi) is 12.9. The summed E-state index contributed by atoms with van der Waals surface area (Å²) in [5.41, 5.74) is 0. The normalized spacial score (nSPS) is 12.2. The van der Waals surface area contributed by atoms with Crippen molar-refractivity contribution >= 4 is 47.2 Å². The maximum Gasteiger partial charge on any atom is 0.221 e. The number of halogens is 1. The highest BCUT2D eigenvalue weighted by atomic mass is 127. The van der Waals surface area contributed by atoms with Crippen LogP contribution >= 0.6 is 35.3 Å². The van der Waals surface area contributed by atoms with E-state index in [4.69, 9.17) is 0 Å². The predicted molar refractivity (Wildman–Crippen MR) is 112 cm³/mol. The van der Waals surface area contributed by atoms with Gasteiger partial charge in [-0.3, -0.25) is 9.79 Å². The van der Waals surface area contributed by atoms with Crippen LogP contribution in [0.1, 0.15) is 43.5 Å². The van der Waals surface area contributed by atoms with Gasteiger partial charge in [-0.15, -0.1) is 35.3 Å². The van der Waals surface area contributed by atoms with Crippen LogP contribution in [0.4, 0.5) is 0 Å². The van der Waals surface area contributed by atoms with Crippen LogP contribution in [0.25, 0.3) is 0 Å². The Morgan fingerprint density at radius 2 is 2.12 bits per heavy atom. The fraction of sp³-hybridized carbons (Fsp3) is 0.688. The molecule has 1 rings (SSSR count). The summed E-state index contributed by atoms with van der Waals surface area (Å²) >= 11 is 1.71. The molecule has 0 aliphatic heterocycles. The number of aromatic nitrogens is 1. The van der Waals surface area contributed by atoms with E-state index in [2.05, 4.69) is 39.8 Å². The van der Waals surface area contributed by atoms with Crippen molar-refractivity contribution in [2.45, 2.75) is 53.0 Å². The Labute approximate surface area is 166 Å². The quantitative estimate of drug-likeness (QED) is 0.296. The van der Waals surface area contributed by atoms with Crippen LogP contribution in [0.3, 0.4) is 0 Å². The molecular formula is C16H30IN5OS. The lowest BCUT2D eigenvalue weighted by Crippen LogP contribution is -2.40. The van der Waals surface area contributed by atoms with Crippen LogP contribution < -0.4 is 16.0 Å². The van der Waals surface area contributed by atoms with Crippen LogP contribution in [-0.4, -0.2) is 42.5 Å². The van der Waals surface area contributed by atoms with E-state index >= 15 is 0 Å². The average Bonchev–Trinajstić information content (AvgIpc) is 2.92. The molecule has 0 radical (unpaired) electrons. The van der Waals surface area contributed by atoms with Crippen molar-refractivity contribution < 1.29 is 4.79 Å². The molecule has 24 heavy (non-hydrogen) atoms. The molecule has 0 aromatic carbocycles. The van der Waals surface area contributed by atoms with Gasteiger partial charge in [0.2, 0.25) is 5.91 Å². The first-order valence-electron chi connectivity index (χ1n) is 8.28. The number of nitrogens with one attached hydrogen (secondary N) is 3. The lowest BCUT2D eigenvalue weighted by atomic mass is 10.2. The smallest absolute Gasteiger partial charge is 0.221 e. The van der Waals surface area contributed by atoms with Gasteiger partial charge in [-0.2, -0.15) is 0 Å². The first-order chi connectivity index (χ1) is 11.0. The van der Waals surface area contributed by atoms with Crippen molar-refractivity contribution in [3.8, 4) is 0 Å². The summed E-state index contributed by atoms with van der Waals surface area (Å²) in [5, 5.41) is 10.4. The van der Waals surface area contributed by atoms with E-state index in [1.54, 1.807) is 11.3 Å². The molecule has 1 atom stereocenters. The number of carbonyl (C=O) groups is 1. The van der Waals surface area contributed by atoms with Gasteiger partial charge in [0.25, 0.3) is 0 Å². The Bertz CT molecular complexity index is 506. The summed E-state index contributed by atoms with van der Waals surface area (Å²) in [7, 11) is 0. The highest BCUT2D eigenvalue weighted by molar-refractivity contribution is 14.0. The number of hydrogen-bond acceptors (Lipinski definition) is 4. The van der Waals surface area contributed by atoms with Gasteiger partial charge in [0.15, 0.2) is 5.96 Å². The minimum Gasteiger partial charge on any atom is -0.357 e. The summed E-state index contributed by atoms with van der Waals surface area (Å²) in [5.74, 6) is 0.818. The summed E-state index contributed by atoms with van der Waals surface area (Å²) < 4.78 is 0. The third-order valence-electron chi connectivity index (χ3n) is 3.27. The number of rotatable bonds is 9. The monoisotopic (exact) mass is 467 g/mol. The lowest BCUT2D eigenvalue weighted by molar-refractivity contribution is -0.121. The zero-order chi connectivity index (χ0) is 17.1. The number of aryl methyl sites for hydroxylation is 1. The predicted octanol–water partition coefficient (Wildman–Crippen LogP) is 2.47. The number of thiazole rings is 1. The average molecular weight is 467 g/mol. The van der Waals surface area contributed by atoms with Crippen molar-refractivity contribution in [3.63, 3.8) is 0 Å².